The molecule has 2 fully saturated rings. The molecule has 3 aliphatic heterocycles. The molecular weight excluding hydrogens is 506 g/mol. The summed E-state index contributed by atoms with van der Waals surface area (Å²) in [6.45, 7) is 0.765. The molecule has 7 heteroatoms. The number of rotatable bonds is 2. The number of benzene rings is 3. The van der Waals surface area contributed by atoms with Crippen LogP contribution in [0.2, 0.25) is 0 Å². The molecule has 4 amide bonds. The summed E-state index contributed by atoms with van der Waals surface area (Å²) in [7, 11) is 0. The monoisotopic (exact) mass is 529 g/mol. The van der Waals surface area contributed by atoms with Crippen LogP contribution < -0.4 is 14.7 Å². The van der Waals surface area contributed by atoms with Crippen molar-refractivity contribution in [1.29, 1.82) is 0 Å². The van der Waals surface area contributed by atoms with Crippen LogP contribution in [0.3, 0.4) is 0 Å². The van der Waals surface area contributed by atoms with Crippen LogP contribution in [0.4, 0.5) is 21.9 Å². The van der Waals surface area contributed by atoms with Crippen molar-refractivity contribution in [2.45, 2.75) is 31.7 Å². The number of amides is 4. The predicted octanol–water partition coefficient (Wildman–Crippen LogP) is 5.55. The number of nitrogens with zero attached hydrogens (tertiary/aromatic N) is 3. The quantitative estimate of drug-likeness (QED) is 0.408. The minimum absolute atomic E-state index is 0.258. The Morgan fingerprint density at radius 3 is 1.97 bits per heavy atom. The number of fused-ring (bicyclic) bond motifs is 4. The minimum Gasteiger partial charge on any atom is -0.367 e. The van der Waals surface area contributed by atoms with Gasteiger partial charge >= 0.3 is 6.03 Å². The van der Waals surface area contributed by atoms with Crippen LogP contribution in [-0.4, -0.2) is 30.4 Å². The average Bonchev–Trinajstić information content (AvgIpc) is 2.89. The number of piperidine rings is 1. The van der Waals surface area contributed by atoms with Gasteiger partial charge in [-0.3, -0.25) is 9.59 Å². The van der Waals surface area contributed by atoms with Crippen molar-refractivity contribution in [3.63, 3.8) is 0 Å². The second kappa shape index (κ2) is 8.34. The second-order valence-electron chi connectivity index (χ2n) is 9.36. The highest BCUT2D eigenvalue weighted by atomic mass is 79.9. The molecule has 3 aromatic rings. The third-order valence-electron chi connectivity index (χ3n) is 7.48. The van der Waals surface area contributed by atoms with Crippen molar-refractivity contribution < 1.29 is 14.4 Å². The van der Waals surface area contributed by atoms with E-state index in [9.17, 15) is 14.4 Å². The Morgan fingerprint density at radius 1 is 0.771 bits per heavy atom. The highest BCUT2D eigenvalue weighted by Gasteiger charge is 2.65. The van der Waals surface area contributed by atoms with Gasteiger partial charge in [-0.05, 0) is 67.6 Å². The normalized spacial score (nSPS) is 21.2. The van der Waals surface area contributed by atoms with Crippen LogP contribution in [0.5, 0.6) is 0 Å². The Bertz CT molecular complexity index is 1270. The minimum atomic E-state index is -1.40. The van der Waals surface area contributed by atoms with Gasteiger partial charge in [-0.2, -0.15) is 0 Å². The van der Waals surface area contributed by atoms with Gasteiger partial charge in [0.25, 0.3) is 11.8 Å². The molecule has 3 aliphatic rings. The number of carbonyl (C=O) groups is 3. The van der Waals surface area contributed by atoms with Gasteiger partial charge in [0.05, 0.1) is 17.4 Å². The highest BCUT2D eigenvalue weighted by molar-refractivity contribution is 9.10. The maximum absolute atomic E-state index is 14.5. The van der Waals surface area contributed by atoms with E-state index in [2.05, 4.69) is 26.9 Å². The first kappa shape index (κ1) is 22.0. The molecule has 0 saturated carbocycles. The number of imide groups is 2. The lowest BCUT2D eigenvalue weighted by atomic mass is 9.65. The second-order valence-corrected chi connectivity index (χ2v) is 10.3. The van der Waals surface area contributed by atoms with E-state index >= 15 is 0 Å². The number of para-hydroxylation sites is 2. The van der Waals surface area contributed by atoms with Gasteiger partial charge in [0.1, 0.15) is 0 Å². The SMILES string of the molecule is O=C1N(c2ccccc2)C(=O)C2(Cc3ccc(Br)cc3N3CCCC[C@H]32)C(=O)N1c1ccccc1. The van der Waals surface area contributed by atoms with Crippen molar-refractivity contribution in [3.8, 4) is 0 Å². The molecule has 6 rings (SSSR count). The smallest absolute Gasteiger partial charge is 0.342 e. The Morgan fingerprint density at radius 2 is 1.37 bits per heavy atom. The summed E-state index contributed by atoms with van der Waals surface area (Å²) in [6, 6.07) is 22.9. The molecule has 0 bridgehead atoms. The Hall–Kier alpha value is -3.45. The Balaban J connectivity index is 1.59. The number of hydrogen-bond acceptors (Lipinski definition) is 4. The topological polar surface area (TPSA) is 60.9 Å². The zero-order valence-corrected chi connectivity index (χ0v) is 20.6. The van der Waals surface area contributed by atoms with Crippen LogP contribution in [0.25, 0.3) is 0 Å². The third kappa shape index (κ3) is 3.25. The lowest BCUT2D eigenvalue weighted by Gasteiger charge is -2.55. The highest BCUT2D eigenvalue weighted by Crippen LogP contribution is 2.50. The summed E-state index contributed by atoms with van der Waals surface area (Å²) in [4.78, 5) is 47.4. The number of urea groups is 1. The first-order chi connectivity index (χ1) is 17.0. The van der Waals surface area contributed by atoms with E-state index in [1.54, 1.807) is 48.5 Å². The number of barbiturate groups is 1. The number of hydrogen-bond donors (Lipinski definition) is 0. The van der Waals surface area contributed by atoms with Crippen LogP contribution in [-0.2, 0) is 16.0 Å². The molecule has 1 atom stereocenters. The fraction of sp³-hybridized carbons (Fsp3) is 0.250. The molecule has 0 N–H and O–H groups in total. The van der Waals surface area contributed by atoms with Crippen molar-refractivity contribution in [3.05, 3.63) is 88.9 Å². The van der Waals surface area contributed by atoms with Crippen molar-refractivity contribution in [2.75, 3.05) is 21.2 Å². The lowest BCUT2D eigenvalue weighted by Crippen LogP contribution is -2.73. The summed E-state index contributed by atoms with van der Waals surface area (Å²) >= 11 is 3.58. The summed E-state index contributed by atoms with van der Waals surface area (Å²) < 4.78 is 0.963. The fourth-order valence-corrected chi connectivity index (χ4v) is 6.26. The van der Waals surface area contributed by atoms with E-state index in [1.807, 2.05) is 24.3 Å². The van der Waals surface area contributed by atoms with E-state index < -0.39 is 23.3 Å². The number of halogens is 1. The largest absolute Gasteiger partial charge is 0.367 e. The molecular formula is C28H24BrN3O3. The molecule has 2 saturated heterocycles. The van der Waals surface area contributed by atoms with Crippen LogP contribution in [0.1, 0.15) is 24.8 Å². The summed E-state index contributed by atoms with van der Waals surface area (Å²) in [5, 5.41) is 0. The van der Waals surface area contributed by atoms with Gasteiger partial charge in [-0.1, -0.05) is 58.4 Å². The van der Waals surface area contributed by atoms with Crippen LogP contribution in [0.15, 0.2) is 83.3 Å². The van der Waals surface area contributed by atoms with Gasteiger partial charge in [0.15, 0.2) is 5.41 Å². The molecule has 6 nitrogen and oxygen atoms in total. The van der Waals surface area contributed by atoms with E-state index in [-0.39, 0.29) is 12.5 Å². The molecule has 0 unspecified atom stereocenters. The molecule has 1 spiro atoms. The summed E-state index contributed by atoms with van der Waals surface area (Å²) in [5.41, 5.74) is 1.55. The van der Waals surface area contributed by atoms with Gasteiger partial charge in [-0.15, -0.1) is 0 Å². The van der Waals surface area contributed by atoms with Crippen molar-refractivity contribution in [1.82, 2.24) is 0 Å². The lowest BCUT2D eigenvalue weighted by molar-refractivity contribution is -0.143. The average molecular weight is 530 g/mol. The summed E-state index contributed by atoms with van der Waals surface area (Å²) in [5.74, 6) is -0.868. The number of anilines is 3. The van der Waals surface area contributed by atoms with Gasteiger partial charge in [0, 0.05) is 16.7 Å². The van der Waals surface area contributed by atoms with Crippen LogP contribution in [0, 0.1) is 5.41 Å². The molecule has 3 heterocycles. The first-order valence-electron chi connectivity index (χ1n) is 11.9. The predicted molar refractivity (Wildman–Crippen MR) is 139 cm³/mol. The molecule has 0 aliphatic carbocycles. The zero-order valence-electron chi connectivity index (χ0n) is 19.1. The molecule has 0 aromatic heterocycles. The van der Waals surface area contributed by atoms with Gasteiger partial charge in [0.2, 0.25) is 0 Å². The zero-order chi connectivity index (χ0) is 24.2. The van der Waals surface area contributed by atoms with E-state index in [4.69, 9.17) is 0 Å². The van der Waals surface area contributed by atoms with Crippen LogP contribution >= 0.6 is 15.9 Å². The molecule has 3 aromatic carbocycles. The van der Waals surface area contributed by atoms with Gasteiger partial charge < -0.3 is 4.90 Å². The third-order valence-corrected chi connectivity index (χ3v) is 7.97. The molecule has 35 heavy (non-hydrogen) atoms. The fourth-order valence-electron chi connectivity index (χ4n) is 5.91. The van der Waals surface area contributed by atoms with Crippen molar-refractivity contribution >= 4 is 50.8 Å². The maximum atomic E-state index is 14.5. The first-order valence-corrected chi connectivity index (χ1v) is 12.7. The van der Waals surface area contributed by atoms with E-state index in [1.165, 1.54) is 9.80 Å². The van der Waals surface area contributed by atoms with E-state index in [0.29, 0.717) is 17.8 Å². The molecule has 176 valence electrons. The van der Waals surface area contributed by atoms with Gasteiger partial charge in [-0.25, -0.2) is 14.6 Å². The number of carbonyl (C=O) groups excluding carboxylic acids is 3. The molecule has 0 radical (unpaired) electrons. The van der Waals surface area contributed by atoms with E-state index in [0.717, 1.165) is 35.1 Å². The standard InChI is InChI=1S/C28H24BrN3O3/c29-20-15-14-19-18-28(24-13-7-8-16-30(24)23(19)17-20)25(33)31(21-9-3-1-4-10-21)27(35)32(26(28)34)22-11-5-2-6-12-22/h1-6,9-12,14-15,17,24H,7-8,13,16,18H2/t24-/m0/s1. The Labute approximate surface area is 212 Å². The maximum Gasteiger partial charge on any atom is 0.342 e. The van der Waals surface area contributed by atoms with Crippen molar-refractivity contribution in [2.24, 2.45) is 5.41 Å². The Kier molecular flexibility index (Phi) is 5.25. The summed E-state index contributed by atoms with van der Waals surface area (Å²) in [6.07, 6.45) is 2.89.